The number of nitrogens with zero attached hydrogens (tertiary/aromatic N) is 1. The van der Waals surface area contributed by atoms with Crippen LogP contribution in [0, 0.1) is 6.92 Å². The van der Waals surface area contributed by atoms with Crippen molar-refractivity contribution < 1.29 is 14.3 Å². The number of carbonyl (C=O) groups is 1. The monoisotopic (exact) mass is 366 g/mol. The van der Waals surface area contributed by atoms with Crippen LogP contribution in [0.2, 0.25) is 0 Å². The summed E-state index contributed by atoms with van der Waals surface area (Å²) in [7, 11) is 1.65. The van der Waals surface area contributed by atoms with Crippen molar-refractivity contribution >= 4 is 11.7 Å². The summed E-state index contributed by atoms with van der Waals surface area (Å²) < 4.78 is 11.1. The number of methoxy groups -OCH3 is 1. The summed E-state index contributed by atoms with van der Waals surface area (Å²) in [6, 6.07) is 12.6. The largest absolute Gasteiger partial charge is 0.496 e. The maximum absolute atomic E-state index is 12.7. The Kier molecular flexibility index (Phi) is 4.79. The molecule has 0 aliphatic carbocycles. The minimum Gasteiger partial charge on any atom is -0.496 e. The van der Waals surface area contributed by atoms with Gasteiger partial charge in [0.25, 0.3) is 0 Å². The first-order valence-corrected chi connectivity index (χ1v) is 9.52. The van der Waals surface area contributed by atoms with E-state index in [0.29, 0.717) is 18.2 Å². The van der Waals surface area contributed by atoms with E-state index in [9.17, 15) is 4.79 Å². The average Bonchev–Trinajstić information content (AvgIpc) is 2.67. The number of carbonyl (C=O) groups excluding carboxylic acids is 1. The van der Waals surface area contributed by atoms with E-state index in [1.54, 1.807) is 7.11 Å². The van der Waals surface area contributed by atoms with E-state index in [-0.39, 0.29) is 11.9 Å². The molecular formula is C22H26N2O3. The van der Waals surface area contributed by atoms with Crippen LogP contribution in [0.1, 0.15) is 29.5 Å². The lowest BCUT2D eigenvalue weighted by molar-refractivity contribution is -0.137. The van der Waals surface area contributed by atoms with Gasteiger partial charge in [0.05, 0.1) is 13.0 Å². The molecule has 5 heteroatoms. The first-order chi connectivity index (χ1) is 13.0. The Morgan fingerprint density at radius 2 is 2.07 bits per heavy atom. The summed E-state index contributed by atoms with van der Waals surface area (Å²) in [5.41, 5.74) is 4.19. The predicted octanol–water partition coefficient (Wildman–Crippen LogP) is 3.05. The Morgan fingerprint density at radius 3 is 2.85 bits per heavy atom. The van der Waals surface area contributed by atoms with Crippen LogP contribution in [-0.2, 0) is 11.2 Å². The average molecular weight is 366 g/mol. The van der Waals surface area contributed by atoms with Crippen LogP contribution in [0.25, 0.3) is 0 Å². The smallest absolute Gasteiger partial charge is 0.319 e. The van der Waals surface area contributed by atoms with Crippen molar-refractivity contribution in [3.63, 3.8) is 0 Å². The molecule has 2 aromatic carbocycles. The summed E-state index contributed by atoms with van der Waals surface area (Å²) in [4.78, 5) is 15.0. The lowest BCUT2D eigenvalue weighted by atomic mass is 9.89. The molecule has 142 valence electrons. The minimum absolute atomic E-state index is 0.195. The third-order valence-electron chi connectivity index (χ3n) is 5.54. The van der Waals surface area contributed by atoms with Gasteiger partial charge in [0.1, 0.15) is 11.5 Å². The number of benzene rings is 2. The van der Waals surface area contributed by atoms with E-state index < -0.39 is 0 Å². The second-order valence-electron chi connectivity index (χ2n) is 7.50. The molecule has 5 nitrogen and oxygen atoms in total. The molecule has 2 aromatic rings. The topological polar surface area (TPSA) is 50.8 Å². The molecular weight excluding hydrogens is 340 g/mol. The molecule has 2 aliphatic heterocycles. The summed E-state index contributed by atoms with van der Waals surface area (Å²) in [6.45, 7) is 7.07. The fraction of sp³-hybridized carbons (Fsp3) is 0.409. The number of piperazine rings is 1. The Hall–Kier alpha value is -2.53. The molecule has 0 spiro atoms. The highest BCUT2D eigenvalue weighted by atomic mass is 16.5. The maximum Gasteiger partial charge on any atom is 0.319 e. The number of nitrogens with one attached hydrogen (secondary N) is 1. The van der Waals surface area contributed by atoms with Gasteiger partial charge in [-0.3, -0.25) is 4.79 Å². The standard InChI is InChI=1S/C22H26N2O3/c1-14-4-5-16(11-20(14)26-3)19-10-17-6-7-18(12-21(17)27-22(19)25)24-9-8-23-15(2)13-24/h4-7,11-12,15,19,23H,8-10,13H2,1-3H3/t15-,19?/m0/s1. The molecule has 2 heterocycles. The van der Waals surface area contributed by atoms with E-state index >= 15 is 0 Å². The molecule has 1 unspecified atom stereocenters. The van der Waals surface area contributed by atoms with Gasteiger partial charge >= 0.3 is 5.97 Å². The van der Waals surface area contributed by atoms with Crippen LogP contribution in [0.4, 0.5) is 5.69 Å². The van der Waals surface area contributed by atoms with E-state index in [1.165, 1.54) is 0 Å². The van der Waals surface area contributed by atoms with Crippen molar-refractivity contribution in [3.8, 4) is 11.5 Å². The first kappa shape index (κ1) is 17.9. The zero-order valence-electron chi connectivity index (χ0n) is 16.1. The van der Waals surface area contributed by atoms with Crippen LogP contribution in [0.3, 0.4) is 0 Å². The highest BCUT2D eigenvalue weighted by Crippen LogP contribution is 2.37. The van der Waals surface area contributed by atoms with Crippen molar-refractivity contribution in [1.29, 1.82) is 0 Å². The zero-order chi connectivity index (χ0) is 19.0. The van der Waals surface area contributed by atoms with Crippen molar-refractivity contribution in [3.05, 3.63) is 53.1 Å². The second-order valence-corrected chi connectivity index (χ2v) is 7.50. The molecule has 1 fully saturated rings. The third kappa shape index (κ3) is 3.52. The molecule has 0 amide bonds. The zero-order valence-corrected chi connectivity index (χ0v) is 16.1. The molecule has 0 saturated carbocycles. The van der Waals surface area contributed by atoms with Gasteiger partial charge in [-0.05, 0) is 49.1 Å². The SMILES string of the molecule is COc1cc(C2Cc3ccc(N4CCN[C@@H](C)C4)cc3OC2=O)ccc1C. The van der Waals surface area contributed by atoms with E-state index in [0.717, 1.165) is 47.8 Å². The number of fused-ring (bicyclic) bond motifs is 1. The van der Waals surface area contributed by atoms with Crippen LogP contribution in [0.5, 0.6) is 11.5 Å². The van der Waals surface area contributed by atoms with Crippen LogP contribution in [0.15, 0.2) is 36.4 Å². The van der Waals surface area contributed by atoms with Gasteiger partial charge in [0, 0.05) is 37.4 Å². The lowest BCUT2D eigenvalue weighted by Gasteiger charge is -2.34. The number of aryl methyl sites for hydroxylation is 1. The van der Waals surface area contributed by atoms with Gasteiger partial charge in [0.2, 0.25) is 0 Å². The molecule has 27 heavy (non-hydrogen) atoms. The summed E-state index contributed by atoms with van der Waals surface area (Å²) in [6.07, 6.45) is 0.651. The second kappa shape index (κ2) is 7.24. The Bertz CT molecular complexity index is 865. The molecule has 0 aromatic heterocycles. The first-order valence-electron chi connectivity index (χ1n) is 9.52. The number of rotatable bonds is 3. The van der Waals surface area contributed by atoms with Gasteiger partial charge in [-0.25, -0.2) is 0 Å². The highest BCUT2D eigenvalue weighted by Gasteiger charge is 2.31. The lowest BCUT2D eigenvalue weighted by Crippen LogP contribution is -2.49. The van der Waals surface area contributed by atoms with Gasteiger partial charge < -0.3 is 19.7 Å². The van der Waals surface area contributed by atoms with Crippen molar-refractivity contribution in [2.24, 2.45) is 0 Å². The Balaban J connectivity index is 1.58. The quantitative estimate of drug-likeness (QED) is 0.668. The minimum atomic E-state index is -0.294. The molecule has 4 rings (SSSR count). The van der Waals surface area contributed by atoms with E-state index in [2.05, 4.69) is 29.3 Å². The van der Waals surface area contributed by atoms with Crippen LogP contribution in [-0.4, -0.2) is 38.8 Å². The Labute approximate surface area is 160 Å². The third-order valence-corrected chi connectivity index (χ3v) is 5.54. The van der Waals surface area contributed by atoms with Gasteiger partial charge in [-0.2, -0.15) is 0 Å². The maximum atomic E-state index is 12.7. The van der Waals surface area contributed by atoms with Crippen molar-refractivity contribution in [2.45, 2.75) is 32.2 Å². The summed E-state index contributed by atoms with van der Waals surface area (Å²) in [5, 5.41) is 3.45. The van der Waals surface area contributed by atoms with Crippen LogP contribution >= 0.6 is 0 Å². The van der Waals surface area contributed by atoms with E-state index in [1.807, 2.05) is 31.2 Å². The van der Waals surface area contributed by atoms with Gasteiger partial charge in [-0.1, -0.05) is 18.2 Å². The molecule has 0 radical (unpaired) electrons. The molecule has 2 aliphatic rings. The van der Waals surface area contributed by atoms with Crippen LogP contribution < -0.4 is 19.7 Å². The highest BCUT2D eigenvalue weighted by molar-refractivity contribution is 5.83. The fourth-order valence-electron chi connectivity index (χ4n) is 3.96. The van der Waals surface area contributed by atoms with Crippen molar-refractivity contribution in [1.82, 2.24) is 5.32 Å². The van der Waals surface area contributed by atoms with Gasteiger partial charge in [0.15, 0.2) is 0 Å². The number of anilines is 1. The number of esters is 1. The summed E-state index contributed by atoms with van der Waals surface area (Å²) in [5.74, 6) is 1.00. The van der Waals surface area contributed by atoms with E-state index in [4.69, 9.17) is 9.47 Å². The van der Waals surface area contributed by atoms with Gasteiger partial charge in [-0.15, -0.1) is 0 Å². The summed E-state index contributed by atoms with van der Waals surface area (Å²) >= 11 is 0. The Morgan fingerprint density at radius 1 is 1.22 bits per heavy atom. The number of hydrogen-bond donors (Lipinski definition) is 1. The fourth-order valence-corrected chi connectivity index (χ4v) is 3.96. The molecule has 1 saturated heterocycles. The number of hydrogen-bond acceptors (Lipinski definition) is 5. The number of ether oxygens (including phenoxy) is 2. The molecule has 0 bridgehead atoms. The normalized spacial score (nSPS) is 22.2. The predicted molar refractivity (Wildman–Crippen MR) is 106 cm³/mol. The van der Waals surface area contributed by atoms with Crippen molar-refractivity contribution in [2.75, 3.05) is 31.6 Å². The molecule has 2 atom stereocenters. The molecule has 1 N–H and O–H groups in total.